The molecule has 1 aliphatic rings. The summed E-state index contributed by atoms with van der Waals surface area (Å²) in [7, 11) is 0. The minimum absolute atomic E-state index is 0.0972. The molecular formula is C22H20N6O4. The van der Waals surface area contributed by atoms with Crippen LogP contribution < -0.4 is 16.5 Å². The van der Waals surface area contributed by atoms with Crippen LogP contribution in [0.25, 0.3) is 22.2 Å². The Morgan fingerprint density at radius 2 is 1.97 bits per heavy atom. The van der Waals surface area contributed by atoms with Gasteiger partial charge < -0.3 is 21.1 Å². The normalized spacial score (nSPS) is 12.6. The number of carbonyl (C=O) groups excluding carboxylic acids is 2. The van der Waals surface area contributed by atoms with Crippen LogP contribution in [0.2, 0.25) is 0 Å². The molecule has 3 aromatic rings. The predicted molar refractivity (Wildman–Crippen MR) is 119 cm³/mol. The van der Waals surface area contributed by atoms with Crippen molar-refractivity contribution in [1.82, 2.24) is 10.4 Å². The van der Waals surface area contributed by atoms with Crippen molar-refractivity contribution in [1.29, 1.82) is 5.26 Å². The van der Waals surface area contributed by atoms with E-state index in [1.807, 2.05) is 36.4 Å². The first-order valence-corrected chi connectivity index (χ1v) is 9.53. The van der Waals surface area contributed by atoms with E-state index in [4.69, 9.17) is 20.9 Å². The number of aromatic nitrogens is 1. The maximum absolute atomic E-state index is 12.5. The summed E-state index contributed by atoms with van der Waals surface area (Å²) in [4.78, 5) is 37.0. The van der Waals surface area contributed by atoms with Gasteiger partial charge in [-0.25, -0.2) is 5.43 Å². The summed E-state index contributed by atoms with van der Waals surface area (Å²) in [5, 5.41) is 23.5. The Morgan fingerprint density at radius 3 is 2.62 bits per heavy atom. The lowest BCUT2D eigenvalue weighted by atomic mass is 10.0. The summed E-state index contributed by atoms with van der Waals surface area (Å²) in [6.07, 6.45) is 1.51. The Hall–Kier alpha value is -4.49. The Labute approximate surface area is 182 Å². The van der Waals surface area contributed by atoms with Crippen LogP contribution in [-0.2, 0) is 9.59 Å². The van der Waals surface area contributed by atoms with Gasteiger partial charge >= 0.3 is 0 Å². The SMILES string of the molecule is CC(=O)O.N#CCC(N)C(=O)Nc1cc2c3c(c(-c4ccccc4)[nH]c3c1)C=NNC2=O. The van der Waals surface area contributed by atoms with Gasteiger partial charge in [-0.1, -0.05) is 30.3 Å². The third-order valence-electron chi connectivity index (χ3n) is 4.52. The van der Waals surface area contributed by atoms with Gasteiger partial charge in [0, 0.05) is 29.1 Å². The third-order valence-corrected chi connectivity index (χ3v) is 4.52. The van der Waals surface area contributed by atoms with E-state index in [1.165, 1.54) is 0 Å². The molecule has 6 N–H and O–H groups in total. The number of amides is 2. The number of nitrogens with one attached hydrogen (secondary N) is 3. The minimum Gasteiger partial charge on any atom is -0.481 e. The first-order chi connectivity index (χ1) is 15.3. The number of benzene rings is 2. The molecule has 2 aromatic carbocycles. The molecule has 0 spiro atoms. The number of anilines is 1. The minimum atomic E-state index is -0.948. The number of carboxylic acids is 1. The lowest BCUT2D eigenvalue weighted by Gasteiger charge is -2.11. The number of carboxylic acid groups (broad SMARTS) is 1. The molecule has 0 aliphatic carbocycles. The third kappa shape index (κ3) is 4.80. The molecule has 32 heavy (non-hydrogen) atoms. The van der Waals surface area contributed by atoms with E-state index in [0.29, 0.717) is 16.8 Å². The van der Waals surface area contributed by atoms with Crippen LogP contribution in [0.4, 0.5) is 5.69 Å². The second-order valence-electron chi connectivity index (χ2n) is 6.90. The maximum Gasteiger partial charge on any atom is 0.300 e. The van der Waals surface area contributed by atoms with Gasteiger partial charge in [-0.15, -0.1) is 0 Å². The first kappa shape index (κ1) is 22.2. The fourth-order valence-corrected chi connectivity index (χ4v) is 3.21. The van der Waals surface area contributed by atoms with Crippen molar-refractivity contribution in [3.63, 3.8) is 0 Å². The van der Waals surface area contributed by atoms with Crippen molar-refractivity contribution in [3.8, 4) is 17.3 Å². The van der Waals surface area contributed by atoms with E-state index in [1.54, 1.807) is 18.3 Å². The van der Waals surface area contributed by atoms with Gasteiger partial charge in [-0.2, -0.15) is 10.4 Å². The van der Waals surface area contributed by atoms with Crippen LogP contribution in [0.5, 0.6) is 0 Å². The molecule has 2 heterocycles. The average molecular weight is 432 g/mol. The molecule has 0 fully saturated rings. The lowest BCUT2D eigenvalue weighted by molar-refractivity contribution is -0.134. The zero-order valence-electron chi connectivity index (χ0n) is 17.0. The van der Waals surface area contributed by atoms with E-state index in [9.17, 15) is 9.59 Å². The van der Waals surface area contributed by atoms with Crippen molar-refractivity contribution < 1.29 is 19.5 Å². The Kier molecular flexibility index (Phi) is 6.62. The van der Waals surface area contributed by atoms with Crippen LogP contribution in [-0.4, -0.2) is 40.1 Å². The van der Waals surface area contributed by atoms with Crippen molar-refractivity contribution in [2.75, 3.05) is 5.32 Å². The van der Waals surface area contributed by atoms with Gasteiger partial charge in [0.15, 0.2) is 0 Å². The van der Waals surface area contributed by atoms with Crippen LogP contribution >= 0.6 is 0 Å². The van der Waals surface area contributed by atoms with Crippen molar-refractivity contribution >= 4 is 40.6 Å². The van der Waals surface area contributed by atoms with Crippen LogP contribution in [0.15, 0.2) is 47.6 Å². The summed E-state index contributed by atoms with van der Waals surface area (Å²) >= 11 is 0. The second kappa shape index (κ2) is 9.55. The molecule has 0 bridgehead atoms. The highest BCUT2D eigenvalue weighted by Gasteiger charge is 2.23. The number of carbonyl (C=O) groups is 3. The topological polar surface area (TPSA) is 173 Å². The van der Waals surface area contributed by atoms with Crippen LogP contribution in [0.3, 0.4) is 0 Å². The van der Waals surface area contributed by atoms with Gasteiger partial charge in [-0.05, 0) is 17.7 Å². The highest BCUT2D eigenvalue weighted by atomic mass is 16.4. The van der Waals surface area contributed by atoms with E-state index in [-0.39, 0.29) is 12.3 Å². The van der Waals surface area contributed by atoms with E-state index in [2.05, 4.69) is 20.8 Å². The molecular weight excluding hydrogens is 412 g/mol. The van der Waals surface area contributed by atoms with Crippen molar-refractivity contribution in [2.24, 2.45) is 10.8 Å². The highest BCUT2D eigenvalue weighted by Crippen LogP contribution is 2.34. The first-order valence-electron chi connectivity index (χ1n) is 9.53. The number of aliphatic carboxylic acids is 1. The highest BCUT2D eigenvalue weighted by molar-refractivity contribution is 6.18. The molecule has 1 atom stereocenters. The van der Waals surface area contributed by atoms with E-state index < -0.39 is 17.9 Å². The fourth-order valence-electron chi connectivity index (χ4n) is 3.21. The van der Waals surface area contributed by atoms with Crippen LogP contribution in [0, 0.1) is 11.3 Å². The number of hydrogen-bond acceptors (Lipinski definition) is 6. The molecule has 162 valence electrons. The summed E-state index contributed by atoms with van der Waals surface area (Å²) < 4.78 is 0. The number of rotatable bonds is 4. The van der Waals surface area contributed by atoms with Crippen molar-refractivity contribution in [2.45, 2.75) is 19.4 Å². The molecule has 0 saturated carbocycles. The summed E-state index contributed by atoms with van der Waals surface area (Å²) in [5.74, 6) is -1.70. The second-order valence-corrected chi connectivity index (χ2v) is 6.90. The number of hydrazone groups is 1. The summed E-state index contributed by atoms with van der Waals surface area (Å²) in [5.41, 5.74) is 12.2. The monoisotopic (exact) mass is 432 g/mol. The molecule has 10 heteroatoms. The number of nitrogens with zero attached hydrogens (tertiary/aromatic N) is 2. The quantitative estimate of drug-likeness (QED) is 0.422. The smallest absolute Gasteiger partial charge is 0.300 e. The summed E-state index contributed by atoms with van der Waals surface area (Å²) in [6, 6.07) is 13.9. The summed E-state index contributed by atoms with van der Waals surface area (Å²) in [6.45, 7) is 1.08. The molecule has 1 aliphatic heterocycles. The maximum atomic E-state index is 12.5. The molecule has 0 saturated heterocycles. The zero-order chi connectivity index (χ0) is 23.3. The lowest BCUT2D eigenvalue weighted by Crippen LogP contribution is -2.35. The van der Waals surface area contributed by atoms with Gasteiger partial charge in [-0.3, -0.25) is 14.4 Å². The Balaban J connectivity index is 0.000000668. The van der Waals surface area contributed by atoms with E-state index in [0.717, 1.165) is 29.1 Å². The molecule has 2 amide bonds. The largest absolute Gasteiger partial charge is 0.481 e. The van der Waals surface area contributed by atoms with Gasteiger partial charge in [0.2, 0.25) is 5.91 Å². The number of hydrogen-bond donors (Lipinski definition) is 5. The molecule has 0 radical (unpaired) electrons. The van der Waals surface area contributed by atoms with Crippen molar-refractivity contribution in [3.05, 3.63) is 53.6 Å². The van der Waals surface area contributed by atoms with Gasteiger partial charge in [0.25, 0.3) is 11.9 Å². The van der Waals surface area contributed by atoms with Gasteiger partial charge in [0.05, 0.1) is 36.0 Å². The molecule has 4 rings (SSSR count). The number of aromatic amines is 1. The number of H-pyrrole nitrogens is 1. The fraction of sp³-hybridized carbons (Fsp3) is 0.136. The zero-order valence-corrected chi connectivity index (χ0v) is 17.0. The van der Waals surface area contributed by atoms with Crippen LogP contribution in [0.1, 0.15) is 29.3 Å². The predicted octanol–water partition coefficient (Wildman–Crippen LogP) is 2.18. The average Bonchev–Trinajstić information content (AvgIpc) is 3.03. The molecule has 1 aromatic heterocycles. The Morgan fingerprint density at radius 1 is 1.28 bits per heavy atom. The van der Waals surface area contributed by atoms with Gasteiger partial charge in [0.1, 0.15) is 0 Å². The molecule has 10 nitrogen and oxygen atoms in total. The van der Waals surface area contributed by atoms with E-state index >= 15 is 0 Å². The standard InChI is InChI=1S/C20H16N6O2.C2H4O2/c21-7-6-15(22)20(28)24-12-8-13-17-14(10-23-26-19(13)27)18(25-16(17)9-12)11-4-2-1-3-5-11;1-2(3)4/h1-5,8-10,15,25H,6,22H2,(H,24,28)(H,26,27);1H3,(H,3,4). The molecule has 1 unspecified atom stereocenters. The Bertz CT molecular complexity index is 1250. The number of nitriles is 1. The number of nitrogens with two attached hydrogens (primary N) is 1.